The van der Waals surface area contributed by atoms with Gasteiger partial charge in [0.2, 0.25) is 0 Å². The number of fused-ring (bicyclic) bond motifs is 1. The van der Waals surface area contributed by atoms with Crippen LogP contribution >= 0.6 is 11.8 Å². The Balaban J connectivity index is 1.42. The lowest BCUT2D eigenvalue weighted by Crippen LogP contribution is -2.08. The number of hydrogen-bond donors (Lipinski definition) is 2. The molecule has 114 valence electrons. The Kier molecular flexibility index (Phi) is 4.75. The molecule has 6 nitrogen and oxygen atoms in total. The first-order valence-electron chi connectivity index (χ1n) is 7.07. The third-order valence-corrected chi connectivity index (χ3v) is 4.05. The highest BCUT2D eigenvalue weighted by Gasteiger charge is 2.05. The van der Waals surface area contributed by atoms with Crippen molar-refractivity contribution < 1.29 is 4.74 Å². The zero-order valence-corrected chi connectivity index (χ0v) is 12.7. The Morgan fingerprint density at radius 1 is 1.18 bits per heavy atom. The molecule has 2 heterocycles. The average Bonchev–Trinajstić information content (AvgIpc) is 3.01. The number of aromatic amines is 2. The Hall–Kier alpha value is -2.28. The number of nitrogens with zero attached hydrogens (tertiary/aromatic N) is 2. The smallest absolute Gasteiger partial charge is 0.262 e. The molecule has 0 fully saturated rings. The molecule has 1 aromatic carbocycles. The number of hydrogen-bond acceptors (Lipinski definition) is 5. The van der Waals surface area contributed by atoms with Gasteiger partial charge >= 0.3 is 0 Å². The second-order valence-electron chi connectivity index (χ2n) is 4.72. The SMILES string of the molecule is O=c1[nH]c(SCCCCOc2ccccc2)nc2[nH]ncc12. The minimum Gasteiger partial charge on any atom is -0.494 e. The summed E-state index contributed by atoms with van der Waals surface area (Å²) in [7, 11) is 0. The van der Waals surface area contributed by atoms with E-state index in [1.807, 2.05) is 30.3 Å². The van der Waals surface area contributed by atoms with E-state index in [2.05, 4.69) is 20.2 Å². The number of ether oxygens (including phenoxy) is 1. The number of thioether (sulfide) groups is 1. The van der Waals surface area contributed by atoms with Gasteiger partial charge in [-0.25, -0.2) is 4.98 Å². The van der Waals surface area contributed by atoms with E-state index >= 15 is 0 Å². The van der Waals surface area contributed by atoms with E-state index in [0.717, 1.165) is 24.3 Å². The van der Waals surface area contributed by atoms with Crippen LogP contribution < -0.4 is 10.3 Å². The summed E-state index contributed by atoms with van der Waals surface area (Å²) in [6.07, 6.45) is 3.43. The molecule has 0 radical (unpaired) electrons. The average molecular weight is 316 g/mol. The van der Waals surface area contributed by atoms with Crippen molar-refractivity contribution in [2.75, 3.05) is 12.4 Å². The Bertz CT molecular complexity index is 785. The molecule has 0 aliphatic rings. The summed E-state index contributed by atoms with van der Waals surface area (Å²) in [5.74, 6) is 1.77. The van der Waals surface area contributed by atoms with Crippen molar-refractivity contribution in [1.29, 1.82) is 0 Å². The first-order valence-corrected chi connectivity index (χ1v) is 8.05. The van der Waals surface area contributed by atoms with E-state index in [4.69, 9.17) is 4.74 Å². The van der Waals surface area contributed by atoms with E-state index in [-0.39, 0.29) is 5.56 Å². The fraction of sp³-hybridized carbons (Fsp3) is 0.267. The quantitative estimate of drug-likeness (QED) is 0.398. The van der Waals surface area contributed by atoms with Crippen LogP contribution in [0.4, 0.5) is 0 Å². The highest BCUT2D eigenvalue weighted by molar-refractivity contribution is 7.99. The van der Waals surface area contributed by atoms with Crippen molar-refractivity contribution in [2.45, 2.75) is 18.0 Å². The number of para-hydroxylation sites is 1. The van der Waals surface area contributed by atoms with Gasteiger partial charge in [-0.3, -0.25) is 9.89 Å². The van der Waals surface area contributed by atoms with E-state index < -0.39 is 0 Å². The normalized spacial score (nSPS) is 10.9. The monoisotopic (exact) mass is 316 g/mol. The predicted molar refractivity (Wildman–Crippen MR) is 86.4 cm³/mol. The number of nitrogens with one attached hydrogen (secondary N) is 2. The van der Waals surface area contributed by atoms with Crippen LogP contribution in [-0.4, -0.2) is 32.5 Å². The Morgan fingerprint density at radius 3 is 2.91 bits per heavy atom. The van der Waals surface area contributed by atoms with Crippen molar-refractivity contribution in [1.82, 2.24) is 20.2 Å². The Labute approximate surface area is 131 Å². The van der Waals surface area contributed by atoms with Crippen LogP contribution in [0, 0.1) is 0 Å². The van der Waals surface area contributed by atoms with Crippen molar-refractivity contribution >= 4 is 22.8 Å². The molecule has 0 unspecified atom stereocenters. The topological polar surface area (TPSA) is 83.7 Å². The molecule has 3 aromatic rings. The molecule has 22 heavy (non-hydrogen) atoms. The molecular formula is C15H16N4O2S. The maximum absolute atomic E-state index is 11.8. The van der Waals surface area contributed by atoms with E-state index in [0.29, 0.717) is 22.8 Å². The van der Waals surface area contributed by atoms with E-state index in [1.165, 1.54) is 18.0 Å². The summed E-state index contributed by atoms with van der Waals surface area (Å²) in [4.78, 5) is 18.8. The van der Waals surface area contributed by atoms with Gasteiger partial charge in [0.25, 0.3) is 5.56 Å². The summed E-state index contributed by atoms with van der Waals surface area (Å²) in [5, 5.41) is 7.64. The lowest BCUT2D eigenvalue weighted by molar-refractivity contribution is 0.310. The molecule has 0 saturated carbocycles. The van der Waals surface area contributed by atoms with Gasteiger partial charge in [0, 0.05) is 5.75 Å². The number of benzene rings is 1. The molecule has 0 bridgehead atoms. The largest absolute Gasteiger partial charge is 0.494 e. The Morgan fingerprint density at radius 2 is 2.05 bits per heavy atom. The van der Waals surface area contributed by atoms with Gasteiger partial charge in [-0.05, 0) is 25.0 Å². The molecule has 0 saturated heterocycles. The number of aromatic nitrogens is 4. The van der Waals surface area contributed by atoms with Gasteiger partial charge in [-0.15, -0.1) is 0 Å². The van der Waals surface area contributed by atoms with Crippen LogP contribution in [0.15, 0.2) is 46.5 Å². The zero-order chi connectivity index (χ0) is 15.2. The zero-order valence-electron chi connectivity index (χ0n) is 11.9. The standard InChI is InChI=1S/C15H16N4O2S/c20-14-12-10-16-19-13(12)17-15(18-14)22-9-5-4-8-21-11-6-2-1-3-7-11/h1-3,6-7,10H,4-5,8-9H2,(H2,16,17,18,19,20). The van der Waals surface area contributed by atoms with Crippen molar-refractivity contribution in [3.63, 3.8) is 0 Å². The summed E-state index contributed by atoms with van der Waals surface area (Å²) >= 11 is 1.53. The van der Waals surface area contributed by atoms with E-state index in [9.17, 15) is 4.79 Å². The molecular weight excluding hydrogens is 300 g/mol. The van der Waals surface area contributed by atoms with Crippen molar-refractivity contribution in [3.8, 4) is 5.75 Å². The first-order chi connectivity index (χ1) is 10.8. The molecule has 0 atom stereocenters. The van der Waals surface area contributed by atoms with Crippen LogP contribution in [-0.2, 0) is 0 Å². The summed E-state index contributed by atoms with van der Waals surface area (Å²) in [6.45, 7) is 0.689. The number of rotatable bonds is 7. The fourth-order valence-corrected chi connectivity index (χ4v) is 2.84. The summed E-state index contributed by atoms with van der Waals surface area (Å²) < 4.78 is 5.63. The molecule has 7 heteroatoms. The van der Waals surface area contributed by atoms with Gasteiger partial charge in [-0.2, -0.15) is 5.10 Å². The van der Waals surface area contributed by atoms with Gasteiger partial charge in [0.15, 0.2) is 10.8 Å². The van der Waals surface area contributed by atoms with Gasteiger partial charge < -0.3 is 9.72 Å². The fourth-order valence-electron chi connectivity index (χ4n) is 1.97. The van der Waals surface area contributed by atoms with Crippen LogP contribution in [0.2, 0.25) is 0 Å². The van der Waals surface area contributed by atoms with E-state index in [1.54, 1.807) is 0 Å². The van der Waals surface area contributed by atoms with Gasteiger partial charge in [0.1, 0.15) is 11.1 Å². The second kappa shape index (κ2) is 7.13. The van der Waals surface area contributed by atoms with Crippen molar-refractivity contribution in [2.24, 2.45) is 0 Å². The third kappa shape index (κ3) is 3.67. The minimum absolute atomic E-state index is 0.159. The van der Waals surface area contributed by atoms with Gasteiger partial charge in [0.05, 0.1) is 12.8 Å². The highest BCUT2D eigenvalue weighted by atomic mass is 32.2. The molecule has 3 rings (SSSR count). The minimum atomic E-state index is -0.159. The highest BCUT2D eigenvalue weighted by Crippen LogP contribution is 2.15. The van der Waals surface area contributed by atoms with Gasteiger partial charge in [-0.1, -0.05) is 30.0 Å². The second-order valence-corrected chi connectivity index (χ2v) is 5.80. The lowest BCUT2D eigenvalue weighted by atomic mass is 10.3. The summed E-state index contributed by atoms with van der Waals surface area (Å²) in [6, 6.07) is 9.78. The third-order valence-electron chi connectivity index (χ3n) is 3.09. The number of unbranched alkanes of at least 4 members (excludes halogenated alkanes) is 1. The predicted octanol–water partition coefficient (Wildman–Crippen LogP) is 2.60. The molecule has 0 spiro atoms. The lowest BCUT2D eigenvalue weighted by Gasteiger charge is -2.05. The molecule has 2 aromatic heterocycles. The molecule has 0 aliphatic carbocycles. The maximum atomic E-state index is 11.8. The van der Waals surface area contributed by atoms with Crippen molar-refractivity contribution in [3.05, 3.63) is 46.9 Å². The summed E-state index contributed by atoms with van der Waals surface area (Å²) in [5.41, 5.74) is 0.368. The maximum Gasteiger partial charge on any atom is 0.262 e. The van der Waals surface area contributed by atoms with Crippen LogP contribution in [0.5, 0.6) is 5.75 Å². The molecule has 0 amide bonds. The first kappa shape index (κ1) is 14.6. The van der Waals surface area contributed by atoms with Crippen LogP contribution in [0.1, 0.15) is 12.8 Å². The number of H-pyrrole nitrogens is 2. The van der Waals surface area contributed by atoms with Crippen LogP contribution in [0.3, 0.4) is 0 Å². The molecule has 0 aliphatic heterocycles. The molecule has 2 N–H and O–H groups in total. The van der Waals surface area contributed by atoms with Crippen LogP contribution in [0.25, 0.3) is 11.0 Å².